The second-order valence-electron chi connectivity index (χ2n) is 9.36. The van der Waals surface area contributed by atoms with Crippen molar-refractivity contribution in [2.75, 3.05) is 14.2 Å². The molecule has 7 nitrogen and oxygen atoms in total. The predicted molar refractivity (Wildman–Crippen MR) is 144 cm³/mol. The Kier molecular flexibility index (Phi) is 12.8. The number of carboxylic acid groups (broad SMARTS) is 1. The predicted octanol–water partition coefficient (Wildman–Crippen LogP) is 7.35. The van der Waals surface area contributed by atoms with Crippen molar-refractivity contribution >= 4 is 11.9 Å². The van der Waals surface area contributed by atoms with Gasteiger partial charge in [0.1, 0.15) is 34.1 Å². The van der Waals surface area contributed by atoms with Crippen LogP contribution in [-0.2, 0) is 12.8 Å². The highest BCUT2D eigenvalue weighted by atomic mass is 16.5. The van der Waals surface area contributed by atoms with Crippen LogP contribution in [0.1, 0.15) is 110 Å². The summed E-state index contributed by atoms with van der Waals surface area (Å²) in [5.74, 6) is -1.22. The van der Waals surface area contributed by atoms with Gasteiger partial charge < -0.3 is 24.4 Å². The summed E-state index contributed by atoms with van der Waals surface area (Å²) in [6, 6.07) is 6.15. The molecule has 0 radical (unpaired) electrons. The highest BCUT2D eigenvalue weighted by Gasteiger charge is 2.23. The first-order valence-corrected chi connectivity index (χ1v) is 13.4. The number of carbonyl (C=O) groups is 2. The van der Waals surface area contributed by atoms with Gasteiger partial charge in [0.15, 0.2) is 0 Å². The average Bonchev–Trinajstić information content (AvgIpc) is 2.87. The third-order valence-electron chi connectivity index (χ3n) is 6.51. The number of phenols is 1. The fourth-order valence-corrected chi connectivity index (χ4v) is 4.51. The Labute approximate surface area is 220 Å². The van der Waals surface area contributed by atoms with E-state index in [2.05, 4.69) is 13.8 Å². The molecule has 0 aliphatic rings. The lowest BCUT2D eigenvalue weighted by molar-refractivity contribution is 0.0691. The van der Waals surface area contributed by atoms with E-state index in [1.807, 2.05) is 0 Å². The van der Waals surface area contributed by atoms with E-state index in [1.54, 1.807) is 12.1 Å². The quantitative estimate of drug-likeness (QED) is 0.129. The number of rotatable bonds is 17. The third kappa shape index (κ3) is 8.99. The van der Waals surface area contributed by atoms with Gasteiger partial charge in [-0.1, -0.05) is 65.2 Å². The van der Waals surface area contributed by atoms with E-state index in [1.165, 1.54) is 26.4 Å². The topological polar surface area (TPSA) is 102 Å². The zero-order valence-corrected chi connectivity index (χ0v) is 22.7. The molecule has 2 aromatic carbocycles. The standard InChI is InChI=1S/C30H42O7/c1-5-7-9-11-13-15-21-17-23(35-3)19-25(31)27(21)30(34)37-24-18-22(16-14-12-10-8-6-2)28(29(32)33)26(20-24)36-4/h17-20,31H,5-16H2,1-4H3,(H,32,33). The van der Waals surface area contributed by atoms with Gasteiger partial charge in [-0.05, 0) is 48.9 Å². The Bertz CT molecular complexity index is 1030. The average molecular weight is 515 g/mol. The number of aryl methyl sites for hydroxylation is 2. The Morgan fingerprint density at radius 3 is 1.76 bits per heavy atom. The monoisotopic (exact) mass is 514 g/mol. The van der Waals surface area contributed by atoms with Crippen LogP contribution in [0.2, 0.25) is 0 Å². The number of carboxylic acids is 1. The molecular formula is C30H42O7. The van der Waals surface area contributed by atoms with Gasteiger partial charge in [-0.3, -0.25) is 0 Å². The third-order valence-corrected chi connectivity index (χ3v) is 6.51. The van der Waals surface area contributed by atoms with Crippen LogP contribution in [0.4, 0.5) is 0 Å². The zero-order valence-electron chi connectivity index (χ0n) is 22.7. The van der Waals surface area contributed by atoms with Gasteiger partial charge in [0, 0.05) is 12.1 Å². The van der Waals surface area contributed by atoms with Crippen LogP contribution in [0.15, 0.2) is 24.3 Å². The molecular weight excluding hydrogens is 472 g/mol. The van der Waals surface area contributed by atoms with Crippen molar-refractivity contribution in [3.05, 3.63) is 46.5 Å². The SMILES string of the molecule is CCCCCCCc1cc(OC)cc(O)c1C(=O)Oc1cc(CCCCCCC)c(C(=O)O)c(OC)c1. The molecule has 0 aliphatic heterocycles. The van der Waals surface area contributed by atoms with Gasteiger partial charge in [-0.25, -0.2) is 9.59 Å². The van der Waals surface area contributed by atoms with Crippen molar-refractivity contribution in [3.63, 3.8) is 0 Å². The minimum Gasteiger partial charge on any atom is -0.507 e. The lowest BCUT2D eigenvalue weighted by atomic mass is 9.98. The van der Waals surface area contributed by atoms with Crippen LogP contribution in [0.25, 0.3) is 0 Å². The number of ether oxygens (including phenoxy) is 3. The number of hydrogen-bond donors (Lipinski definition) is 2. The summed E-state index contributed by atoms with van der Waals surface area (Å²) in [7, 11) is 2.90. The number of benzene rings is 2. The molecule has 204 valence electrons. The van der Waals surface area contributed by atoms with Gasteiger partial charge in [0.2, 0.25) is 0 Å². The maximum atomic E-state index is 13.3. The van der Waals surface area contributed by atoms with Gasteiger partial charge in [-0.15, -0.1) is 0 Å². The fraction of sp³-hybridized carbons (Fsp3) is 0.533. The van der Waals surface area contributed by atoms with Crippen molar-refractivity contribution in [1.29, 1.82) is 0 Å². The summed E-state index contributed by atoms with van der Waals surface area (Å²) in [5.41, 5.74) is 1.39. The van der Waals surface area contributed by atoms with Crippen LogP contribution < -0.4 is 14.2 Å². The Balaban J connectivity index is 2.32. The second kappa shape index (κ2) is 15.8. The summed E-state index contributed by atoms with van der Waals surface area (Å²) in [5, 5.41) is 20.5. The van der Waals surface area contributed by atoms with Gasteiger partial charge in [0.05, 0.1) is 14.2 Å². The van der Waals surface area contributed by atoms with Gasteiger partial charge in [-0.2, -0.15) is 0 Å². The maximum absolute atomic E-state index is 13.3. The van der Waals surface area contributed by atoms with Crippen LogP contribution in [-0.4, -0.2) is 36.4 Å². The molecule has 0 fully saturated rings. The fourth-order valence-electron chi connectivity index (χ4n) is 4.51. The van der Waals surface area contributed by atoms with Crippen molar-refractivity contribution in [1.82, 2.24) is 0 Å². The van der Waals surface area contributed by atoms with Gasteiger partial charge >= 0.3 is 11.9 Å². The molecule has 0 saturated carbocycles. The zero-order chi connectivity index (χ0) is 27.2. The summed E-state index contributed by atoms with van der Waals surface area (Å²) in [6.07, 6.45) is 11.6. The van der Waals surface area contributed by atoms with E-state index < -0.39 is 11.9 Å². The number of unbranched alkanes of at least 4 members (excludes halogenated alkanes) is 8. The second-order valence-corrected chi connectivity index (χ2v) is 9.36. The van der Waals surface area contributed by atoms with Crippen molar-refractivity contribution in [2.45, 2.75) is 90.9 Å². The molecule has 2 rings (SSSR count). The smallest absolute Gasteiger partial charge is 0.347 e. The first kappa shape index (κ1) is 30.0. The molecule has 0 saturated heterocycles. The van der Waals surface area contributed by atoms with Crippen LogP contribution in [0.3, 0.4) is 0 Å². The van der Waals surface area contributed by atoms with Gasteiger partial charge in [0.25, 0.3) is 0 Å². The Morgan fingerprint density at radius 2 is 1.24 bits per heavy atom. The summed E-state index contributed by atoms with van der Waals surface area (Å²) in [4.78, 5) is 25.2. The first-order chi connectivity index (χ1) is 17.9. The molecule has 0 spiro atoms. The number of aromatic hydroxyl groups is 1. The Morgan fingerprint density at radius 1 is 0.703 bits per heavy atom. The number of carbonyl (C=O) groups excluding carboxylic acids is 1. The summed E-state index contributed by atoms with van der Waals surface area (Å²) >= 11 is 0. The molecule has 0 aliphatic carbocycles. The largest absolute Gasteiger partial charge is 0.507 e. The highest BCUT2D eigenvalue weighted by molar-refractivity contribution is 5.97. The first-order valence-electron chi connectivity index (χ1n) is 13.4. The summed E-state index contributed by atoms with van der Waals surface area (Å²) in [6.45, 7) is 4.30. The van der Waals surface area contributed by atoms with E-state index >= 15 is 0 Å². The number of phenolic OH excluding ortho intramolecular Hbond substituents is 1. The van der Waals surface area contributed by atoms with Crippen LogP contribution in [0, 0.1) is 0 Å². The molecule has 2 N–H and O–H groups in total. The molecule has 0 atom stereocenters. The highest BCUT2D eigenvalue weighted by Crippen LogP contribution is 2.33. The van der Waals surface area contributed by atoms with Crippen molar-refractivity contribution in [3.8, 4) is 23.0 Å². The van der Waals surface area contributed by atoms with Crippen LogP contribution >= 0.6 is 0 Å². The molecule has 0 unspecified atom stereocenters. The Hall–Kier alpha value is -3.22. The van der Waals surface area contributed by atoms with Crippen molar-refractivity contribution < 1.29 is 34.0 Å². The lowest BCUT2D eigenvalue weighted by Gasteiger charge is -2.16. The minimum atomic E-state index is -1.09. The summed E-state index contributed by atoms with van der Waals surface area (Å²) < 4.78 is 16.3. The number of methoxy groups -OCH3 is 2. The number of esters is 1. The minimum absolute atomic E-state index is 0.0813. The number of aromatic carboxylic acids is 1. The molecule has 0 bridgehead atoms. The normalized spacial score (nSPS) is 10.8. The maximum Gasteiger partial charge on any atom is 0.347 e. The molecule has 0 amide bonds. The van der Waals surface area contributed by atoms with E-state index in [0.717, 1.165) is 64.2 Å². The van der Waals surface area contributed by atoms with E-state index in [9.17, 15) is 19.8 Å². The van der Waals surface area contributed by atoms with E-state index in [0.29, 0.717) is 29.7 Å². The van der Waals surface area contributed by atoms with E-state index in [-0.39, 0.29) is 28.4 Å². The molecule has 7 heteroatoms. The van der Waals surface area contributed by atoms with Crippen LogP contribution in [0.5, 0.6) is 23.0 Å². The molecule has 0 heterocycles. The molecule has 2 aromatic rings. The molecule has 37 heavy (non-hydrogen) atoms. The molecule has 0 aromatic heterocycles. The van der Waals surface area contributed by atoms with Crippen molar-refractivity contribution in [2.24, 2.45) is 0 Å². The lowest BCUT2D eigenvalue weighted by Crippen LogP contribution is -2.14. The van der Waals surface area contributed by atoms with E-state index in [4.69, 9.17) is 14.2 Å². The number of hydrogen-bond acceptors (Lipinski definition) is 6.